The predicted molar refractivity (Wildman–Crippen MR) is 106 cm³/mol. The maximum atomic E-state index is 13.8. The van der Waals surface area contributed by atoms with Crippen molar-refractivity contribution in [2.75, 3.05) is 7.11 Å². The number of carbonyl (C=O) groups excluding carboxylic acids is 1. The minimum atomic E-state index is -0.777. The van der Waals surface area contributed by atoms with Crippen LogP contribution in [-0.2, 0) is 0 Å². The van der Waals surface area contributed by atoms with E-state index in [1.165, 1.54) is 13.3 Å². The maximum Gasteiger partial charge on any atom is 0.271 e. The molecule has 0 aliphatic heterocycles. The second-order valence-corrected chi connectivity index (χ2v) is 6.21. The van der Waals surface area contributed by atoms with Crippen LogP contribution in [0.4, 0.5) is 4.39 Å². The van der Waals surface area contributed by atoms with E-state index in [-0.39, 0.29) is 22.8 Å². The highest BCUT2D eigenvalue weighted by atomic mass is 35.5. The number of hydrazone groups is 1. The molecule has 3 aromatic rings. The molecule has 0 atom stereocenters. The summed E-state index contributed by atoms with van der Waals surface area (Å²) in [5, 5.41) is 3.78. The highest BCUT2D eigenvalue weighted by molar-refractivity contribution is 6.28. The van der Waals surface area contributed by atoms with Crippen LogP contribution in [0.5, 0.6) is 17.4 Å². The molecule has 0 unspecified atom stereocenters. The molecule has 1 amide bonds. The molecular weight excluding hydrogens is 399 g/mol. The van der Waals surface area contributed by atoms with Crippen LogP contribution in [0.15, 0.2) is 53.8 Å². The highest BCUT2D eigenvalue weighted by Gasteiger charge is 2.13. The van der Waals surface area contributed by atoms with Gasteiger partial charge in [0.1, 0.15) is 0 Å². The second kappa shape index (κ2) is 9.11. The molecule has 1 heterocycles. The third kappa shape index (κ3) is 5.26. The Morgan fingerprint density at radius 3 is 2.69 bits per heavy atom. The maximum absolute atomic E-state index is 13.8. The minimum Gasteiger partial charge on any atom is -0.493 e. The zero-order chi connectivity index (χ0) is 20.8. The van der Waals surface area contributed by atoms with E-state index in [0.29, 0.717) is 16.9 Å². The lowest BCUT2D eigenvalue weighted by molar-refractivity contribution is 0.0955. The van der Waals surface area contributed by atoms with Crippen LogP contribution in [0.1, 0.15) is 21.5 Å². The fourth-order valence-corrected chi connectivity index (χ4v) is 2.42. The number of hydrogen-bond acceptors (Lipinski definition) is 6. The first-order chi connectivity index (χ1) is 14.0. The van der Waals surface area contributed by atoms with Crippen molar-refractivity contribution in [2.24, 2.45) is 5.10 Å². The zero-order valence-electron chi connectivity index (χ0n) is 15.5. The molecule has 9 heteroatoms. The van der Waals surface area contributed by atoms with Crippen LogP contribution in [0.3, 0.4) is 0 Å². The standard InChI is InChI=1S/C20H16ClFN4O3/c1-12-3-6-14(7-4-12)18(27)26-24-10-13-5-8-16(28-2)17(9-13)29-19-15(22)11-23-20(21)25-19/h3-11H,1-2H3,(H,26,27)/b24-10+. The fraction of sp³-hybridized carbons (Fsp3) is 0.100. The normalized spacial score (nSPS) is 10.8. The monoisotopic (exact) mass is 414 g/mol. The van der Waals surface area contributed by atoms with E-state index in [1.54, 1.807) is 30.3 Å². The summed E-state index contributed by atoms with van der Waals surface area (Å²) in [6, 6.07) is 11.9. The number of nitrogens with one attached hydrogen (secondary N) is 1. The Morgan fingerprint density at radius 1 is 1.21 bits per heavy atom. The van der Waals surface area contributed by atoms with Gasteiger partial charge >= 0.3 is 0 Å². The van der Waals surface area contributed by atoms with Gasteiger partial charge in [-0.2, -0.15) is 14.5 Å². The number of amides is 1. The van der Waals surface area contributed by atoms with Crippen molar-refractivity contribution < 1.29 is 18.7 Å². The van der Waals surface area contributed by atoms with Gasteiger partial charge in [-0.1, -0.05) is 17.7 Å². The first-order valence-corrected chi connectivity index (χ1v) is 8.78. The van der Waals surface area contributed by atoms with E-state index in [4.69, 9.17) is 21.1 Å². The summed E-state index contributed by atoms with van der Waals surface area (Å²) in [6.07, 6.45) is 2.32. The van der Waals surface area contributed by atoms with E-state index in [2.05, 4.69) is 20.5 Å². The fourth-order valence-electron chi connectivity index (χ4n) is 2.30. The van der Waals surface area contributed by atoms with Gasteiger partial charge < -0.3 is 9.47 Å². The molecule has 2 aromatic carbocycles. The predicted octanol–water partition coefficient (Wildman–Crippen LogP) is 4.14. The Hall–Kier alpha value is -3.52. The van der Waals surface area contributed by atoms with Gasteiger partial charge in [-0.3, -0.25) is 4.79 Å². The van der Waals surface area contributed by atoms with Crippen LogP contribution < -0.4 is 14.9 Å². The minimum absolute atomic E-state index is 0.156. The van der Waals surface area contributed by atoms with E-state index in [9.17, 15) is 9.18 Å². The number of benzene rings is 2. The molecule has 0 radical (unpaired) electrons. The Morgan fingerprint density at radius 2 is 1.97 bits per heavy atom. The van der Waals surface area contributed by atoms with Gasteiger partial charge in [0.25, 0.3) is 11.8 Å². The Balaban J connectivity index is 1.75. The van der Waals surface area contributed by atoms with Crippen LogP contribution in [0.25, 0.3) is 0 Å². The molecule has 0 saturated heterocycles. The SMILES string of the molecule is COc1ccc(/C=N/NC(=O)c2ccc(C)cc2)cc1Oc1nc(Cl)ncc1F. The average molecular weight is 415 g/mol. The molecule has 0 aliphatic rings. The number of aromatic nitrogens is 2. The molecule has 29 heavy (non-hydrogen) atoms. The van der Waals surface area contributed by atoms with Crippen LogP contribution in [0, 0.1) is 12.7 Å². The third-order valence-corrected chi connectivity index (χ3v) is 3.95. The number of nitrogens with zero attached hydrogens (tertiary/aromatic N) is 3. The molecule has 148 valence electrons. The summed E-state index contributed by atoms with van der Waals surface area (Å²) < 4.78 is 24.5. The molecule has 1 aromatic heterocycles. The molecule has 1 N–H and O–H groups in total. The topological polar surface area (TPSA) is 85.7 Å². The summed E-state index contributed by atoms with van der Waals surface area (Å²) in [5.41, 5.74) is 4.56. The lowest BCUT2D eigenvalue weighted by Crippen LogP contribution is -2.17. The second-order valence-electron chi connectivity index (χ2n) is 5.87. The van der Waals surface area contributed by atoms with Gasteiger partial charge in [-0.25, -0.2) is 10.4 Å². The highest BCUT2D eigenvalue weighted by Crippen LogP contribution is 2.32. The van der Waals surface area contributed by atoms with E-state index >= 15 is 0 Å². The van der Waals surface area contributed by atoms with E-state index in [0.717, 1.165) is 11.8 Å². The van der Waals surface area contributed by atoms with Crippen LogP contribution >= 0.6 is 11.6 Å². The third-order valence-electron chi connectivity index (χ3n) is 3.77. The number of hydrogen-bond donors (Lipinski definition) is 1. The number of rotatable bonds is 6. The van der Waals surface area contributed by atoms with Crippen molar-refractivity contribution in [3.8, 4) is 17.4 Å². The molecule has 0 fully saturated rings. The summed E-state index contributed by atoms with van der Waals surface area (Å²) in [4.78, 5) is 19.3. The van der Waals surface area contributed by atoms with Crippen LogP contribution in [0.2, 0.25) is 5.28 Å². The quantitative estimate of drug-likeness (QED) is 0.372. The first kappa shape index (κ1) is 20.2. The van der Waals surface area contributed by atoms with Crippen molar-refractivity contribution in [2.45, 2.75) is 6.92 Å². The molecule has 7 nitrogen and oxygen atoms in total. The first-order valence-electron chi connectivity index (χ1n) is 8.40. The summed E-state index contributed by atoms with van der Waals surface area (Å²) in [7, 11) is 1.45. The largest absolute Gasteiger partial charge is 0.493 e. The van der Waals surface area contributed by atoms with Gasteiger partial charge in [-0.05, 0) is 54.4 Å². The summed E-state index contributed by atoms with van der Waals surface area (Å²) >= 11 is 5.68. The number of halogens is 2. The molecule has 0 aliphatic carbocycles. The molecular formula is C20H16ClFN4O3. The molecule has 3 rings (SSSR count). The summed E-state index contributed by atoms with van der Waals surface area (Å²) in [5.74, 6) is -0.926. The van der Waals surface area contributed by atoms with Crippen molar-refractivity contribution >= 4 is 23.7 Å². The number of carbonyl (C=O) groups is 1. The zero-order valence-corrected chi connectivity index (χ0v) is 16.3. The van der Waals surface area contributed by atoms with Gasteiger partial charge in [0.05, 0.1) is 19.5 Å². The van der Waals surface area contributed by atoms with Crippen molar-refractivity contribution in [1.82, 2.24) is 15.4 Å². The van der Waals surface area contributed by atoms with Gasteiger partial charge in [0.15, 0.2) is 11.5 Å². The van der Waals surface area contributed by atoms with Crippen molar-refractivity contribution in [1.29, 1.82) is 0 Å². The smallest absolute Gasteiger partial charge is 0.271 e. The lowest BCUT2D eigenvalue weighted by Gasteiger charge is -2.10. The Kier molecular flexibility index (Phi) is 6.36. The van der Waals surface area contributed by atoms with E-state index in [1.807, 2.05) is 19.1 Å². The Bertz CT molecular complexity index is 1060. The van der Waals surface area contributed by atoms with Crippen molar-refractivity contribution in [3.05, 3.63) is 76.5 Å². The number of ether oxygens (including phenoxy) is 2. The number of methoxy groups -OCH3 is 1. The van der Waals surface area contributed by atoms with Gasteiger partial charge in [-0.15, -0.1) is 0 Å². The van der Waals surface area contributed by atoms with Gasteiger partial charge in [0, 0.05) is 5.56 Å². The molecule has 0 saturated carbocycles. The molecule has 0 spiro atoms. The van der Waals surface area contributed by atoms with Gasteiger partial charge in [0.2, 0.25) is 11.1 Å². The average Bonchev–Trinajstić information content (AvgIpc) is 2.71. The Labute approximate surface area is 171 Å². The van der Waals surface area contributed by atoms with Crippen LogP contribution in [-0.4, -0.2) is 29.2 Å². The van der Waals surface area contributed by atoms with Crippen molar-refractivity contribution in [3.63, 3.8) is 0 Å². The number of aryl methyl sites for hydroxylation is 1. The molecule has 0 bridgehead atoms. The van der Waals surface area contributed by atoms with E-state index < -0.39 is 5.82 Å². The lowest BCUT2D eigenvalue weighted by atomic mass is 10.1. The summed E-state index contributed by atoms with van der Waals surface area (Å²) in [6.45, 7) is 1.93.